The number of hydrogen-bond donors (Lipinski definition) is 3. The number of amides is 2. The van der Waals surface area contributed by atoms with Crippen molar-refractivity contribution in [2.75, 3.05) is 28.2 Å². The molecule has 12 nitrogen and oxygen atoms in total. The number of pyridine rings is 1. The summed E-state index contributed by atoms with van der Waals surface area (Å²) in [6.07, 6.45) is 3.68. The SMILES string of the molecule is Cn1cc(-c2ccc(N(C(=O)NCc3ccccc3)C3CCC(Nc4ncc(C#N)c(N5CCC(O)(C(F)(F)F)CC5)n4)CC3)nc2)cn1. The maximum atomic E-state index is 13.7. The van der Waals surface area contributed by atoms with Crippen molar-refractivity contribution in [3.05, 3.63) is 78.4 Å². The number of piperidine rings is 1. The number of nitriles is 1. The molecule has 2 aliphatic rings. The number of anilines is 3. The zero-order valence-electron chi connectivity index (χ0n) is 26.9. The molecule has 0 spiro atoms. The highest BCUT2D eigenvalue weighted by atomic mass is 19.4. The van der Waals surface area contributed by atoms with Crippen LogP contribution in [0.15, 0.2) is 67.3 Å². The predicted octanol–water partition coefficient (Wildman–Crippen LogP) is 5.18. The third kappa shape index (κ3) is 7.59. The number of urea groups is 1. The van der Waals surface area contributed by atoms with E-state index in [1.165, 1.54) is 6.20 Å². The monoisotopic (exact) mass is 674 g/mol. The standard InChI is InChI=1S/C34H37F3N10O2/c1-45-22-26(21-42-45)24-7-12-29(39-19-24)47(32(48)41-18-23-5-3-2-4-6-23)28-10-8-27(9-11-28)43-31-40-20-25(17-38)30(44-31)46-15-13-33(49,14-16-46)34(35,36)37/h2-7,12,19-22,27-28,49H,8-11,13-16,18H2,1H3,(H,41,48)(H,40,43,44). The quantitative estimate of drug-likeness (QED) is 0.230. The number of carbonyl (C=O) groups is 1. The molecule has 0 unspecified atom stereocenters. The van der Waals surface area contributed by atoms with Gasteiger partial charge in [-0.1, -0.05) is 30.3 Å². The van der Waals surface area contributed by atoms with Gasteiger partial charge in [0.1, 0.15) is 17.5 Å². The van der Waals surface area contributed by atoms with E-state index in [0.29, 0.717) is 38.0 Å². The lowest BCUT2D eigenvalue weighted by molar-refractivity contribution is -0.266. The van der Waals surface area contributed by atoms with Crippen LogP contribution >= 0.6 is 0 Å². The Morgan fingerprint density at radius 1 is 1.04 bits per heavy atom. The van der Waals surface area contributed by atoms with Crippen molar-refractivity contribution in [3.8, 4) is 17.2 Å². The molecule has 6 rings (SSSR count). The summed E-state index contributed by atoms with van der Waals surface area (Å²) in [7, 11) is 1.85. The van der Waals surface area contributed by atoms with Crippen LogP contribution in [0.1, 0.15) is 49.7 Å². The van der Waals surface area contributed by atoms with E-state index >= 15 is 0 Å². The molecule has 1 aromatic carbocycles. The summed E-state index contributed by atoms with van der Waals surface area (Å²) < 4.78 is 41.8. The third-order valence-corrected chi connectivity index (χ3v) is 9.24. The van der Waals surface area contributed by atoms with Crippen molar-refractivity contribution < 1.29 is 23.1 Å². The molecular formula is C34H37F3N10O2. The molecule has 3 aromatic heterocycles. The first-order valence-corrected chi connectivity index (χ1v) is 16.2. The Bertz CT molecular complexity index is 1780. The molecule has 4 heterocycles. The molecule has 2 amide bonds. The van der Waals surface area contributed by atoms with Crippen molar-refractivity contribution >= 4 is 23.6 Å². The Kier molecular flexibility index (Phi) is 9.68. The molecule has 256 valence electrons. The second kappa shape index (κ2) is 14.1. The maximum absolute atomic E-state index is 13.7. The van der Waals surface area contributed by atoms with Crippen molar-refractivity contribution in [2.45, 2.75) is 68.9 Å². The van der Waals surface area contributed by atoms with Gasteiger partial charge >= 0.3 is 12.2 Å². The summed E-state index contributed by atoms with van der Waals surface area (Å²) in [6.45, 7) is 0.156. The van der Waals surface area contributed by atoms with E-state index in [-0.39, 0.29) is 48.5 Å². The van der Waals surface area contributed by atoms with Crippen molar-refractivity contribution in [1.29, 1.82) is 5.26 Å². The molecular weight excluding hydrogens is 637 g/mol. The molecule has 3 N–H and O–H groups in total. The lowest BCUT2D eigenvalue weighted by Gasteiger charge is -2.39. The highest BCUT2D eigenvalue weighted by Gasteiger charge is 2.54. The molecule has 0 radical (unpaired) electrons. The molecule has 49 heavy (non-hydrogen) atoms. The number of alkyl halides is 3. The Balaban J connectivity index is 1.13. The highest BCUT2D eigenvalue weighted by molar-refractivity contribution is 5.91. The second-order valence-electron chi connectivity index (χ2n) is 12.5. The van der Waals surface area contributed by atoms with Gasteiger partial charge in [-0.05, 0) is 43.4 Å². The van der Waals surface area contributed by atoms with Crippen LogP contribution in [0.5, 0.6) is 0 Å². The summed E-state index contributed by atoms with van der Waals surface area (Å²) in [5, 5.41) is 30.3. The molecule has 4 aromatic rings. The number of hydrogen-bond acceptors (Lipinski definition) is 9. The molecule has 2 fully saturated rings. The summed E-state index contributed by atoms with van der Waals surface area (Å²) in [5.74, 6) is 1.04. The first-order valence-electron chi connectivity index (χ1n) is 16.2. The summed E-state index contributed by atoms with van der Waals surface area (Å²) >= 11 is 0. The van der Waals surface area contributed by atoms with Crippen molar-refractivity contribution in [1.82, 2.24) is 30.0 Å². The molecule has 0 bridgehead atoms. The van der Waals surface area contributed by atoms with Gasteiger partial charge < -0.3 is 20.6 Å². The molecule has 1 saturated heterocycles. The number of halogens is 3. The number of benzene rings is 1. The first kappa shape index (κ1) is 33.7. The fourth-order valence-electron chi connectivity index (χ4n) is 6.38. The fraction of sp³-hybridized carbons (Fsp3) is 0.412. The fourth-order valence-corrected chi connectivity index (χ4v) is 6.38. The molecule has 1 aliphatic carbocycles. The van der Waals surface area contributed by atoms with E-state index in [4.69, 9.17) is 0 Å². The van der Waals surface area contributed by atoms with Crippen LogP contribution in [0, 0.1) is 11.3 Å². The van der Waals surface area contributed by atoms with Crippen LogP contribution < -0.4 is 20.4 Å². The highest BCUT2D eigenvalue weighted by Crippen LogP contribution is 2.39. The third-order valence-electron chi connectivity index (χ3n) is 9.24. The van der Waals surface area contributed by atoms with E-state index in [1.807, 2.05) is 61.8 Å². The summed E-state index contributed by atoms with van der Waals surface area (Å²) in [5.41, 5.74) is 0.171. The van der Waals surface area contributed by atoms with Crippen LogP contribution in [0.25, 0.3) is 11.1 Å². The largest absolute Gasteiger partial charge is 0.417 e. The predicted molar refractivity (Wildman–Crippen MR) is 176 cm³/mol. The number of aryl methyl sites for hydroxylation is 1. The number of aliphatic hydroxyl groups is 1. The topological polar surface area (TPSA) is 148 Å². The Morgan fingerprint density at radius 3 is 2.39 bits per heavy atom. The van der Waals surface area contributed by atoms with E-state index in [9.17, 15) is 28.3 Å². The number of nitrogens with one attached hydrogen (secondary N) is 2. The lowest BCUT2D eigenvalue weighted by Crippen LogP contribution is -2.53. The van der Waals surface area contributed by atoms with E-state index in [0.717, 1.165) is 16.7 Å². The first-order chi connectivity index (χ1) is 23.5. The average Bonchev–Trinajstić information content (AvgIpc) is 3.55. The maximum Gasteiger partial charge on any atom is 0.417 e. The minimum Gasteiger partial charge on any atom is -0.380 e. The van der Waals surface area contributed by atoms with Gasteiger partial charge in [-0.25, -0.2) is 14.8 Å². The van der Waals surface area contributed by atoms with E-state index in [2.05, 4.69) is 30.7 Å². The minimum atomic E-state index is -4.73. The van der Waals surface area contributed by atoms with Crippen LogP contribution in [0.4, 0.5) is 35.5 Å². The van der Waals surface area contributed by atoms with Crippen LogP contribution in [-0.4, -0.2) is 72.8 Å². The Labute approximate surface area is 281 Å². The lowest BCUT2D eigenvalue weighted by atomic mass is 9.90. The van der Waals surface area contributed by atoms with E-state index in [1.54, 1.807) is 26.9 Å². The molecule has 15 heteroatoms. The second-order valence-corrected chi connectivity index (χ2v) is 12.5. The van der Waals surface area contributed by atoms with Gasteiger partial charge in [-0.3, -0.25) is 9.58 Å². The van der Waals surface area contributed by atoms with Crippen LogP contribution in [-0.2, 0) is 13.6 Å². The molecule has 1 saturated carbocycles. The van der Waals surface area contributed by atoms with Crippen molar-refractivity contribution in [3.63, 3.8) is 0 Å². The van der Waals surface area contributed by atoms with Gasteiger partial charge in [0.15, 0.2) is 11.4 Å². The Hall–Kier alpha value is -5.23. The normalized spacial score (nSPS) is 19.1. The van der Waals surface area contributed by atoms with Gasteiger partial charge in [0.05, 0.1) is 12.4 Å². The Morgan fingerprint density at radius 2 is 1.78 bits per heavy atom. The zero-order chi connectivity index (χ0) is 34.6. The van der Waals surface area contributed by atoms with Crippen LogP contribution in [0.2, 0.25) is 0 Å². The average molecular weight is 675 g/mol. The van der Waals surface area contributed by atoms with Gasteiger partial charge in [0, 0.05) is 75.1 Å². The van der Waals surface area contributed by atoms with Gasteiger partial charge in [-0.2, -0.15) is 28.5 Å². The summed E-state index contributed by atoms with van der Waals surface area (Å²) in [4.78, 5) is 30.5. The van der Waals surface area contributed by atoms with Gasteiger partial charge in [0.25, 0.3) is 0 Å². The van der Waals surface area contributed by atoms with Crippen LogP contribution in [0.3, 0.4) is 0 Å². The van der Waals surface area contributed by atoms with Gasteiger partial charge in [0.2, 0.25) is 5.95 Å². The number of nitrogens with zero attached hydrogens (tertiary/aromatic N) is 8. The smallest absolute Gasteiger partial charge is 0.380 e. The summed E-state index contributed by atoms with van der Waals surface area (Å²) in [6, 6.07) is 15.0. The van der Waals surface area contributed by atoms with Crippen molar-refractivity contribution in [2.24, 2.45) is 7.05 Å². The minimum absolute atomic E-state index is 0.0381. The zero-order valence-corrected chi connectivity index (χ0v) is 26.9. The molecule has 0 atom stereocenters. The van der Waals surface area contributed by atoms with Gasteiger partial charge in [-0.15, -0.1) is 0 Å². The number of aromatic nitrogens is 5. The molecule has 1 aliphatic heterocycles. The number of carbonyl (C=O) groups excluding carboxylic acids is 1. The number of rotatable bonds is 8. The van der Waals surface area contributed by atoms with E-state index < -0.39 is 24.6 Å².